The van der Waals surface area contributed by atoms with E-state index in [0.717, 1.165) is 0 Å². The smallest absolute Gasteiger partial charge is 0.343 e. The summed E-state index contributed by atoms with van der Waals surface area (Å²) >= 11 is 0. The van der Waals surface area contributed by atoms with Crippen LogP contribution in [0.5, 0.6) is 11.5 Å². The van der Waals surface area contributed by atoms with Gasteiger partial charge in [-0.15, -0.1) is 0 Å². The lowest BCUT2D eigenvalue weighted by atomic mass is 10.1. The van der Waals surface area contributed by atoms with Crippen LogP contribution in [0.4, 0.5) is 4.39 Å². The quantitative estimate of drug-likeness (QED) is 0.797. The van der Waals surface area contributed by atoms with E-state index in [-0.39, 0.29) is 11.3 Å². The lowest BCUT2D eigenvalue weighted by Gasteiger charge is -2.12. The molecule has 22 heavy (non-hydrogen) atoms. The van der Waals surface area contributed by atoms with Gasteiger partial charge in [0.05, 0.1) is 19.8 Å². The van der Waals surface area contributed by atoms with Crippen molar-refractivity contribution in [2.75, 3.05) is 14.2 Å². The summed E-state index contributed by atoms with van der Waals surface area (Å²) in [6.07, 6.45) is 7.32. The maximum absolute atomic E-state index is 14.0. The third kappa shape index (κ3) is 3.75. The summed E-state index contributed by atoms with van der Waals surface area (Å²) < 4.78 is 29.5. The molecule has 0 aliphatic heterocycles. The van der Waals surface area contributed by atoms with Gasteiger partial charge >= 0.3 is 5.97 Å². The molecule has 1 unspecified atom stereocenters. The number of allylic oxidation sites excluding steroid dienone is 5. The molecule has 1 aromatic rings. The van der Waals surface area contributed by atoms with Crippen LogP contribution in [0.25, 0.3) is 0 Å². The Balaban J connectivity index is 2.21. The summed E-state index contributed by atoms with van der Waals surface area (Å²) in [5, 5.41) is 0. The van der Waals surface area contributed by atoms with Crippen LogP contribution >= 0.6 is 0 Å². The van der Waals surface area contributed by atoms with Gasteiger partial charge in [0.1, 0.15) is 11.4 Å². The molecule has 1 atom stereocenters. The zero-order valence-electron chi connectivity index (χ0n) is 12.6. The van der Waals surface area contributed by atoms with Crippen LogP contribution in [0, 0.1) is 0 Å². The van der Waals surface area contributed by atoms with Gasteiger partial charge in [0.15, 0.2) is 11.5 Å². The fourth-order valence-corrected chi connectivity index (χ4v) is 1.96. The number of methoxy groups -OCH3 is 2. The molecule has 2 rings (SSSR count). The normalized spacial score (nSPS) is 20.1. The second-order valence-corrected chi connectivity index (χ2v) is 4.88. The molecule has 0 N–H and O–H groups in total. The Morgan fingerprint density at radius 2 is 1.86 bits per heavy atom. The number of hydrogen-bond acceptors (Lipinski definition) is 4. The first-order chi connectivity index (χ1) is 10.4. The summed E-state index contributed by atoms with van der Waals surface area (Å²) in [4.78, 5) is 12.2. The Bertz CT molecular complexity index is 657. The van der Waals surface area contributed by atoms with Gasteiger partial charge in [0.25, 0.3) is 0 Å². The molecule has 0 heterocycles. The molecule has 0 amide bonds. The number of carbonyl (C=O) groups is 1. The van der Waals surface area contributed by atoms with E-state index < -0.39 is 11.6 Å². The number of rotatable bonds is 4. The molecule has 4 nitrogen and oxygen atoms in total. The van der Waals surface area contributed by atoms with Crippen LogP contribution in [0.15, 0.2) is 54.3 Å². The summed E-state index contributed by atoms with van der Waals surface area (Å²) in [6.45, 7) is 1.38. The van der Waals surface area contributed by atoms with Gasteiger partial charge in [-0.25, -0.2) is 9.18 Å². The van der Waals surface area contributed by atoms with Crippen LogP contribution < -0.4 is 9.47 Å². The molecule has 0 spiro atoms. The number of carbonyl (C=O) groups excluding carboxylic acids is 1. The third-order valence-electron chi connectivity index (χ3n) is 3.05. The minimum Gasteiger partial charge on any atom is -0.493 e. The van der Waals surface area contributed by atoms with Crippen molar-refractivity contribution in [2.24, 2.45) is 0 Å². The van der Waals surface area contributed by atoms with Crippen molar-refractivity contribution in [3.8, 4) is 11.5 Å². The number of hydrogen-bond donors (Lipinski definition) is 0. The fourth-order valence-electron chi connectivity index (χ4n) is 1.96. The van der Waals surface area contributed by atoms with E-state index in [2.05, 4.69) is 0 Å². The van der Waals surface area contributed by atoms with E-state index in [4.69, 9.17) is 14.2 Å². The molecular formula is C17H17FO4. The van der Waals surface area contributed by atoms with Crippen LogP contribution in [-0.4, -0.2) is 25.9 Å². The summed E-state index contributed by atoms with van der Waals surface area (Å²) in [5.41, 5.74) is -1.39. The molecule has 5 heteroatoms. The van der Waals surface area contributed by atoms with Gasteiger partial charge in [-0.2, -0.15) is 0 Å². The Morgan fingerprint density at radius 1 is 1.14 bits per heavy atom. The molecule has 1 aliphatic carbocycles. The second kappa shape index (κ2) is 6.47. The Labute approximate surface area is 128 Å². The highest BCUT2D eigenvalue weighted by Gasteiger charge is 2.20. The zero-order chi connectivity index (χ0) is 16.2. The number of halogens is 1. The monoisotopic (exact) mass is 304 g/mol. The largest absolute Gasteiger partial charge is 0.493 e. The second-order valence-electron chi connectivity index (χ2n) is 4.88. The predicted molar refractivity (Wildman–Crippen MR) is 80.8 cm³/mol. The van der Waals surface area contributed by atoms with Gasteiger partial charge in [-0.1, -0.05) is 12.2 Å². The summed E-state index contributed by atoms with van der Waals surface area (Å²) in [5.74, 6) is 0.469. The van der Waals surface area contributed by atoms with Crippen molar-refractivity contribution in [3.63, 3.8) is 0 Å². The van der Waals surface area contributed by atoms with E-state index in [9.17, 15) is 9.18 Å². The highest BCUT2D eigenvalue weighted by molar-refractivity contribution is 5.91. The highest BCUT2D eigenvalue weighted by atomic mass is 19.1. The third-order valence-corrected chi connectivity index (χ3v) is 3.05. The lowest BCUT2D eigenvalue weighted by Crippen LogP contribution is -2.12. The van der Waals surface area contributed by atoms with Crippen LogP contribution in [0.2, 0.25) is 0 Å². The van der Waals surface area contributed by atoms with E-state index in [1.807, 2.05) is 0 Å². The van der Waals surface area contributed by atoms with Gasteiger partial charge in [0.2, 0.25) is 0 Å². The van der Waals surface area contributed by atoms with Crippen LogP contribution in [0.3, 0.4) is 0 Å². The van der Waals surface area contributed by atoms with Crippen LogP contribution in [0.1, 0.15) is 17.3 Å². The number of benzene rings is 1. The topological polar surface area (TPSA) is 44.8 Å². The average Bonchev–Trinajstić information content (AvgIpc) is 2.66. The number of alkyl halides is 1. The number of esters is 1. The Kier molecular flexibility index (Phi) is 4.65. The van der Waals surface area contributed by atoms with Gasteiger partial charge in [-0.05, 0) is 43.4 Å². The summed E-state index contributed by atoms with van der Waals surface area (Å²) in [7, 11) is 2.98. The van der Waals surface area contributed by atoms with Gasteiger partial charge in [-0.3, -0.25) is 0 Å². The molecule has 0 saturated heterocycles. The predicted octanol–water partition coefficient (Wildman–Crippen LogP) is 3.60. The molecule has 1 aromatic carbocycles. The Morgan fingerprint density at radius 3 is 2.55 bits per heavy atom. The molecule has 0 fully saturated rings. The van der Waals surface area contributed by atoms with Crippen molar-refractivity contribution in [2.45, 2.75) is 12.6 Å². The van der Waals surface area contributed by atoms with Crippen molar-refractivity contribution >= 4 is 5.97 Å². The van der Waals surface area contributed by atoms with Crippen molar-refractivity contribution in [3.05, 3.63) is 59.9 Å². The minimum atomic E-state index is -1.67. The molecule has 0 saturated carbocycles. The SMILES string of the molecule is COc1ccc(C(=O)OC2=CC(C)(F)C=CC=C2)cc1OC. The van der Waals surface area contributed by atoms with Crippen molar-refractivity contribution in [1.82, 2.24) is 0 Å². The number of ether oxygens (including phenoxy) is 3. The standard InChI is InChI=1S/C17H17FO4/c1-17(18)9-5-4-6-13(11-17)22-16(19)12-7-8-14(20-2)15(10-12)21-3/h4-11H,1-3H3. The first-order valence-electron chi connectivity index (χ1n) is 6.67. The fraction of sp³-hybridized carbons (Fsp3) is 0.235. The van der Waals surface area contributed by atoms with Crippen molar-refractivity contribution in [1.29, 1.82) is 0 Å². The first-order valence-corrected chi connectivity index (χ1v) is 6.67. The molecule has 1 aliphatic rings. The van der Waals surface area contributed by atoms with Crippen molar-refractivity contribution < 1.29 is 23.4 Å². The lowest BCUT2D eigenvalue weighted by molar-refractivity contribution is 0.0633. The molecule has 0 aromatic heterocycles. The van der Waals surface area contributed by atoms with E-state index in [0.29, 0.717) is 11.5 Å². The zero-order valence-corrected chi connectivity index (χ0v) is 12.6. The van der Waals surface area contributed by atoms with Crippen LogP contribution in [-0.2, 0) is 4.74 Å². The Hall–Kier alpha value is -2.56. The van der Waals surface area contributed by atoms with E-state index in [1.165, 1.54) is 45.4 Å². The molecule has 0 bridgehead atoms. The maximum atomic E-state index is 14.0. The highest BCUT2D eigenvalue weighted by Crippen LogP contribution is 2.28. The van der Waals surface area contributed by atoms with E-state index in [1.54, 1.807) is 24.3 Å². The first kappa shape index (κ1) is 15.8. The molecule has 0 radical (unpaired) electrons. The molecule has 116 valence electrons. The van der Waals surface area contributed by atoms with Gasteiger partial charge in [0, 0.05) is 0 Å². The summed E-state index contributed by atoms with van der Waals surface area (Å²) in [6, 6.07) is 4.67. The minimum absolute atomic E-state index is 0.148. The van der Waals surface area contributed by atoms with Gasteiger partial charge < -0.3 is 14.2 Å². The van der Waals surface area contributed by atoms with E-state index >= 15 is 0 Å². The maximum Gasteiger partial charge on any atom is 0.343 e. The molecular weight excluding hydrogens is 287 g/mol. The average molecular weight is 304 g/mol.